The Morgan fingerprint density at radius 1 is 1.42 bits per heavy atom. The zero-order valence-corrected chi connectivity index (χ0v) is 17.9. The number of nitrogens with zero attached hydrogens (tertiary/aromatic N) is 5. The quantitative estimate of drug-likeness (QED) is 0.635. The number of benzene rings is 1. The summed E-state index contributed by atoms with van der Waals surface area (Å²) in [6.45, 7) is 3.32. The van der Waals surface area contributed by atoms with Gasteiger partial charge in [0.1, 0.15) is 23.3 Å². The Bertz CT molecular complexity index is 1110. The van der Waals surface area contributed by atoms with E-state index in [1.165, 1.54) is 12.1 Å². The van der Waals surface area contributed by atoms with Crippen molar-refractivity contribution in [3.05, 3.63) is 58.5 Å². The van der Waals surface area contributed by atoms with Crippen LogP contribution in [0.1, 0.15) is 36.8 Å². The molecule has 2 aromatic heterocycles. The summed E-state index contributed by atoms with van der Waals surface area (Å²) in [6.07, 6.45) is 7.24. The number of fused-ring (bicyclic) bond motifs is 1. The fourth-order valence-electron chi connectivity index (χ4n) is 3.82. The molecule has 0 aliphatic carbocycles. The summed E-state index contributed by atoms with van der Waals surface area (Å²) in [6, 6.07) is 6.09. The molecule has 1 aliphatic heterocycles. The average molecular weight is 441 g/mol. The van der Waals surface area contributed by atoms with Gasteiger partial charge in [0.05, 0.1) is 29.4 Å². The van der Waals surface area contributed by atoms with Gasteiger partial charge in [0.15, 0.2) is 0 Å². The minimum atomic E-state index is -0.679. The van der Waals surface area contributed by atoms with E-state index in [9.17, 15) is 9.18 Å². The van der Waals surface area contributed by atoms with Crippen molar-refractivity contribution < 1.29 is 9.18 Å². The summed E-state index contributed by atoms with van der Waals surface area (Å²) < 4.78 is 17.8. The lowest BCUT2D eigenvalue weighted by molar-refractivity contribution is -0.121. The van der Waals surface area contributed by atoms with Crippen molar-refractivity contribution in [2.45, 2.75) is 51.7 Å². The molecule has 3 aromatic rings. The van der Waals surface area contributed by atoms with Crippen molar-refractivity contribution in [2.24, 2.45) is 0 Å². The fourth-order valence-corrected chi connectivity index (χ4v) is 4.07. The maximum Gasteiger partial charge on any atom is 0.226 e. The van der Waals surface area contributed by atoms with Crippen LogP contribution in [0.15, 0.2) is 30.6 Å². The third-order valence-corrected chi connectivity index (χ3v) is 5.56. The number of carbonyl (C=O) groups is 1. The first-order valence-corrected chi connectivity index (χ1v) is 10.6. The molecule has 1 aliphatic rings. The first kappa shape index (κ1) is 21.1. The van der Waals surface area contributed by atoms with Crippen LogP contribution in [0.2, 0.25) is 5.02 Å². The molecular weight excluding hydrogens is 419 g/mol. The van der Waals surface area contributed by atoms with E-state index >= 15 is 0 Å². The van der Waals surface area contributed by atoms with Gasteiger partial charge in [-0.1, -0.05) is 11.6 Å². The number of carbonyl (C=O) groups excluding carboxylic acids is 1. The van der Waals surface area contributed by atoms with Gasteiger partial charge >= 0.3 is 0 Å². The molecule has 3 heterocycles. The topological polar surface area (TPSA) is 88.5 Å². The minimum Gasteiger partial charge on any atom is -0.351 e. The van der Waals surface area contributed by atoms with Gasteiger partial charge in [-0.3, -0.25) is 9.48 Å². The van der Waals surface area contributed by atoms with Crippen molar-refractivity contribution in [1.29, 1.82) is 5.26 Å². The molecule has 160 valence electrons. The minimum absolute atomic E-state index is 0.0497. The van der Waals surface area contributed by atoms with Crippen molar-refractivity contribution >= 4 is 17.5 Å². The molecular formula is C22H22ClFN6O. The largest absolute Gasteiger partial charge is 0.351 e. The van der Waals surface area contributed by atoms with E-state index in [0.29, 0.717) is 17.8 Å². The Kier molecular flexibility index (Phi) is 6.05. The number of nitriles is 1. The SMILES string of the molecule is C[C@@H](Cn1ccc(-c2cc(F)c(C#N)c(Cl)c2)n1)NC(=O)Cc1cn2c(n1)CCCC2. The third kappa shape index (κ3) is 4.78. The lowest BCUT2D eigenvalue weighted by atomic mass is 10.1. The van der Waals surface area contributed by atoms with Crippen molar-refractivity contribution in [2.75, 3.05) is 0 Å². The van der Waals surface area contributed by atoms with Gasteiger partial charge in [-0.2, -0.15) is 10.4 Å². The highest BCUT2D eigenvalue weighted by Crippen LogP contribution is 2.26. The number of hydrogen-bond acceptors (Lipinski definition) is 4. The number of hydrogen-bond donors (Lipinski definition) is 1. The Labute approximate surface area is 184 Å². The molecule has 9 heteroatoms. The van der Waals surface area contributed by atoms with Gasteiger partial charge in [0.2, 0.25) is 5.91 Å². The van der Waals surface area contributed by atoms with Gasteiger partial charge < -0.3 is 9.88 Å². The molecule has 0 bridgehead atoms. The van der Waals surface area contributed by atoms with Gasteiger partial charge in [0, 0.05) is 37.0 Å². The van der Waals surface area contributed by atoms with Crippen LogP contribution in [0.4, 0.5) is 4.39 Å². The molecule has 0 saturated heterocycles. The molecule has 1 N–H and O–H groups in total. The van der Waals surface area contributed by atoms with Crippen LogP contribution in [-0.2, 0) is 30.7 Å². The predicted octanol–water partition coefficient (Wildman–Crippen LogP) is 3.49. The van der Waals surface area contributed by atoms with E-state index < -0.39 is 5.82 Å². The number of rotatable bonds is 6. The number of halogens is 2. The zero-order valence-electron chi connectivity index (χ0n) is 17.1. The summed E-state index contributed by atoms with van der Waals surface area (Å²) in [5, 5.41) is 16.4. The van der Waals surface area contributed by atoms with Crippen LogP contribution < -0.4 is 5.32 Å². The van der Waals surface area contributed by atoms with Crippen LogP contribution in [0.5, 0.6) is 0 Å². The van der Waals surface area contributed by atoms with E-state index in [1.54, 1.807) is 23.0 Å². The standard InChI is InChI=1S/C22H22ClFN6O/c1-14(26-22(31)10-16-13-29-6-3-2-4-21(29)27-16)12-30-7-5-20(28-30)15-8-18(23)17(11-25)19(24)9-15/h5,7-9,13-14H,2-4,6,10,12H2,1H3,(H,26,31)/t14-/m0/s1. The van der Waals surface area contributed by atoms with Gasteiger partial charge in [-0.25, -0.2) is 9.37 Å². The highest BCUT2D eigenvalue weighted by atomic mass is 35.5. The molecule has 1 atom stereocenters. The molecule has 7 nitrogen and oxygen atoms in total. The first-order chi connectivity index (χ1) is 14.9. The Hall–Kier alpha value is -3.18. The molecule has 1 aromatic carbocycles. The number of nitrogens with one attached hydrogen (secondary N) is 1. The third-order valence-electron chi connectivity index (χ3n) is 5.26. The monoisotopic (exact) mass is 440 g/mol. The van der Waals surface area contributed by atoms with E-state index in [-0.39, 0.29) is 29.0 Å². The Morgan fingerprint density at radius 2 is 2.26 bits per heavy atom. The highest BCUT2D eigenvalue weighted by molar-refractivity contribution is 6.32. The second kappa shape index (κ2) is 8.90. The van der Waals surface area contributed by atoms with Crippen LogP contribution in [0, 0.1) is 17.1 Å². The normalized spacial score (nSPS) is 14.0. The van der Waals surface area contributed by atoms with Crippen LogP contribution in [-0.4, -0.2) is 31.3 Å². The molecule has 4 rings (SSSR count). The highest BCUT2D eigenvalue weighted by Gasteiger charge is 2.16. The molecule has 0 saturated carbocycles. The van der Waals surface area contributed by atoms with Gasteiger partial charge in [0.25, 0.3) is 0 Å². The maximum atomic E-state index is 14.0. The molecule has 0 fully saturated rings. The zero-order chi connectivity index (χ0) is 22.0. The fraction of sp³-hybridized carbons (Fsp3) is 0.364. The van der Waals surface area contributed by atoms with Crippen molar-refractivity contribution in [1.82, 2.24) is 24.6 Å². The van der Waals surface area contributed by atoms with Crippen LogP contribution >= 0.6 is 11.6 Å². The van der Waals surface area contributed by atoms with E-state index in [0.717, 1.165) is 37.3 Å². The smallest absolute Gasteiger partial charge is 0.226 e. The molecule has 1 amide bonds. The molecule has 0 radical (unpaired) electrons. The summed E-state index contributed by atoms with van der Waals surface area (Å²) in [7, 11) is 0. The van der Waals surface area contributed by atoms with E-state index in [2.05, 4.69) is 20.0 Å². The van der Waals surface area contributed by atoms with Crippen LogP contribution in [0.3, 0.4) is 0 Å². The molecule has 0 unspecified atom stereocenters. The number of aryl methyl sites for hydroxylation is 2. The number of amides is 1. The Balaban J connectivity index is 1.35. The van der Waals surface area contributed by atoms with Gasteiger partial charge in [-0.15, -0.1) is 0 Å². The summed E-state index contributed by atoms with van der Waals surface area (Å²) in [5.74, 6) is 0.294. The second-order valence-corrected chi connectivity index (χ2v) is 8.20. The molecule has 0 spiro atoms. The lowest BCUT2D eigenvalue weighted by Crippen LogP contribution is -2.36. The average Bonchev–Trinajstić information content (AvgIpc) is 3.33. The summed E-state index contributed by atoms with van der Waals surface area (Å²) in [5.41, 5.74) is 1.63. The van der Waals surface area contributed by atoms with Crippen LogP contribution in [0.25, 0.3) is 11.3 Å². The first-order valence-electron chi connectivity index (χ1n) is 10.2. The van der Waals surface area contributed by atoms with E-state index in [4.69, 9.17) is 16.9 Å². The maximum absolute atomic E-state index is 14.0. The van der Waals surface area contributed by atoms with E-state index in [1.807, 2.05) is 13.1 Å². The Morgan fingerprint density at radius 3 is 3.00 bits per heavy atom. The summed E-state index contributed by atoms with van der Waals surface area (Å²) >= 11 is 5.98. The van der Waals surface area contributed by atoms with Crippen molar-refractivity contribution in [3.8, 4) is 17.3 Å². The second-order valence-electron chi connectivity index (χ2n) is 7.79. The predicted molar refractivity (Wildman–Crippen MR) is 114 cm³/mol. The van der Waals surface area contributed by atoms with Crippen molar-refractivity contribution in [3.63, 3.8) is 0 Å². The number of imidazole rings is 1. The van der Waals surface area contributed by atoms with Gasteiger partial charge in [-0.05, 0) is 38.0 Å². The molecule has 31 heavy (non-hydrogen) atoms. The number of aromatic nitrogens is 4. The summed E-state index contributed by atoms with van der Waals surface area (Å²) in [4.78, 5) is 17.0. The lowest BCUT2D eigenvalue weighted by Gasteiger charge is -2.13.